The van der Waals surface area contributed by atoms with E-state index in [-0.39, 0.29) is 11.9 Å². The van der Waals surface area contributed by atoms with E-state index in [1.165, 1.54) is 0 Å². The second-order valence-electron chi connectivity index (χ2n) is 6.53. The van der Waals surface area contributed by atoms with Gasteiger partial charge < -0.3 is 19.4 Å². The number of hydrogen-bond donors (Lipinski definition) is 1. The van der Waals surface area contributed by atoms with Crippen molar-refractivity contribution in [1.82, 2.24) is 9.88 Å². The molecule has 0 bridgehead atoms. The van der Waals surface area contributed by atoms with E-state index in [1.807, 2.05) is 53.4 Å². The Labute approximate surface area is 152 Å². The number of aromatic amines is 1. The van der Waals surface area contributed by atoms with E-state index in [9.17, 15) is 4.79 Å². The first-order chi connectivity index (χ1) is 12.7. The number of methoxy groups -OCH3 is 2. The van der Waals surface area contributed by atoms with Gasteiger partial charge in [0.25, 0.3) is 5.91 Å². The number of hydrogen-bond acceptors (Lipinski definition) is 3. The number of para-hydroxylation sites is 1. The molecule has 1 aliphatic heterocycles. The Bertz CT molecular complexity index is 914. The first-order valence-corrected chi connectivity index (χ1v) is 8.82. The third-order valence-corrected chi connectivity index (χ3v) is 5.07. The number of amides is 1. The Hall–Kier alpha value is -2.95. The van der Waals surface area contributed by atoms with Crippen molar-refractivity contribution in [3.63, 3.8) is 0 Å². The van der Waals surface area contributed by atoms with Crippen LogP contribution < -0.4 is 9.47 Å². The molecule has 1 saturated heterocycles. The molecular weight excluding hydrogens is 328 g/mol. The monoisotopic (exact) mass is 350 g/mol. The van der Waals surface area contributed by atoms with E-state index in [1.54, 1.807) is 14.2 Å². The number of ether oxygens (including phenoxy) is 2. The van der Waals surface area contributed by atoms with Crippen molar-refractivity contribution in [1.29, 1.82) is 0 Å². The molecule has 1 aliphatic rings. The summed E-state index contributed by atoms with van der Waals surface area (Å²) in [6, 6.07) is 15.6. The van der Waals surface area contributed by atoms with Crippen molar-refractivity contribution in [2.45, 2.75) is 18.9 Å². The predicted molar refractivity (Wildman–Crippen MR) is 101 cm³/mol. The second kappa shape index (κ2) is 6.75. The third-order valence-electron chi connectivity index (χ3n) is 5.07. The van der Waals surface area contributed by atoms with Crippen molar-refractivity contribution in [3.8, 4) is 11.5 Å². The number of benzene rings is 2. The van der Waals surface area contributed by atoms with Gasteiger partial charge >= 0.3 is 0 Å². The molecule has 5 nitrogen and oxygen atoms in total. The molecule has 0 spiro atoms. The molecule has 1 aromatic heterocycles. The van der Waals surface area contributed by atoms with Gasteiger partial charge in [0.05, 0.1) is 20.3 Å². The molecule has 0 saturated carbocycles. The second-order valence-corrected chi connectivity index (χ2v) is 6.53. The fourth-order valence-corrected chi connectivity index (χ4v) is 3.78. The van der Waals surface area contributed by atoms with Crippen molar-refractivity contribution in [3.05, 3.63) is 59.8 Å². The molecule has 1 N–H and O–H groups in total. The normalized spacial score (nSPS) is 16.8. The zero-order chi connectivity index (χ0) is 18.1. The van der Waals surface area contributed by atoms with E-state index in [4.69, 9.17) is 9.47 Å². The summed E-state index contributed by atoms with van der Waals surface area (Å²) in [4.78, 5) is 18.4. The van der Waals surface area contributed by atoms with Gasteiger partial charge in [-0.2, -0.15) is 0 Å². The lowest BCUT2D eigenvalue weighted by Gasteiger charge is -2.26. The summed E-state index contributed by atoms with van der Waals surface area (Å²) in [6.45, 7) is 0.735. The Balaban J connectivity index is 1.69. The maximum Gasteiger partial charge on any atom is 0.270 e. The van der Waals surface area contributed by atoms with Gasteiger partial charge in [0, 0.05) is 23.0 Å². The summed E-state index contributed by atoms with van der Waals surface area (Å²) < 4.78 is 10.9. The maximum atomic E-state index is 13.2. The molecule has 0 radical (unpaired) electrons. The predicted octanol–water partition coefficient (Wildman–Crippen LogP) is 4.16. The average molecular weight is 350 g/mol. The van der Waals surface area contributed by atoms with Crippen LogP contribution in [-0.4, -0.2) is 36.6 Å². The van der Waals surface area contributed by atoms with Gasteiger partial charge in [0.15, 0.2) is 0 Å². The van der Waals surface area contributed by atoms with Crippen LogP contribution in [0.1, 0.15) is 34.9 Å². The molecular formula is C21H22N2O3. The number of H-pyrrole nitrogens is 1. The SMILES string of the molecule is COc1ccc(OC)c([C@@H]2CCCN2C(=O)c2cc3ccccc3[nH]2)c1. The lowest BCUT2D eigenvalue weighted by molar-refractivity contribution is 0.0729. The summed E-state index contributed by atoms with van der Waals surface area (Å²) in [7, 11) is 3.30. The van der Waals surface area contributed by atoms with Gasteiger partial charge in [-0.05, 0) is 43.2 Å². The number of nitrogens with zero attached hydrogens (tertiary/aromatic N) is 1. The lowest BCUT2D eigenvalue weighted by Crippen LogP contribution is -2.31. The topological polar surface area (TPSA) is 54.6 Å². The van der Waals surface area contributed by atoms with Crippen LogP contribution in [0.3, 0.4) is 0 Å². The number of rotatable bonds is 4. The smallest absolute Gasteiger partial charge is 0.270 e. The van der Waals surface area contributed by atoms with Gasteiger partial charge in [-0.3, -0.25) is 4.79 Å². The summed E-state index contributed by atoms with van der Waals surface area (Å²) in [5.74, 6) is 1.58. The molecule has 1 amide bonds. The van der Waals surface area contributed by atoms with E-state index >= 15 is 0 Å². The van der Waals surface area contributed by atoms with Crippen LogP contribution in [0.5, 0.6) is 11.5 Å². The lowest BCUT2D eigenvalue weighted by atomic mass is 10.0. The van der Waals surface area contributed by atoms with Crippen LogP contribution in [0.25, 0.3) is 10.9 Å². The molecule has 1 fully saturated rings. The number of aromatic nitrogens is 1. The Morgan fingerprint density at radius 1 is 1.12 bits per heavy atom. The molecule has 5 heteroatoms. The van der Waals surface area contributed by atoms with Gasteiger partial charge in [0.1, 0.15) is 17.2 Å². The standard InChI is InChI=1S/C21H22N2O3/c1-25-15-9-10-20(26-2)16(13-15)19-8-5-11-23(19)21(24)18-12-14-6-3-4-7-17(14)22-18/h3-4,6-7,9-10,12-13,19,22H,5,8,11H2,1-2H3/t19-/m0/s1. The van der Waals surface area contributed by atoms with Crippen molar-refractivity contribution >= 4 is 16.8 Å². The van der Waals surface area contributed by atoms with Crippen molar-refractivity contribution in [2.75, 3.05) is 20.8 Å². The fraction of sp³-hybridized carbons (Fsp3) is 0.286. The molecule has 4 rings (SSSR count). The number of carbonyl (C=O) groups is 1. The van der Waals surface area contributed by atoms with Gasteiger partial charge in [0.2, 0.25) is 0 Å². The summed E-state index contributed by atoms with van der Waals surface area (Å²) in [6.07, 6.45) is 1.88. The highest BCUT2D eigenvalue weighted by Crippen LogP contribution is 2.39. The Morgan fingerprint density at radius 2 is 1.96 bits per heavy atom. The minimum absolute atomic E-state index is 0.0148. The molecule has 0 unspecified atom stereocenters. The van der Waals surface area contributed by atoms with E-state index in [0.717, 1.165) is 47.4 Å². The molecule has 26 heavy (non-hydrogen) atoms. The third kappa shape index (κ3) is 2.79. The highest BCUT2D eigenvalue weighted by Gasteiger charge is 2.33. The zero-order valence-corrected chi connectivity index (χ0v) is 15.0. The number of fused-ring (bicyclic) bond motifs is 1. The zero-order valence-electron chi connectivity index (χ0n) is 15.0. The van der Waals surface area contributed by atoms with Gasteiger partial charge in [-0.25, -0.2) is 0 Å². The largest absolute Gasteiger partial charge is 0.497 e. The summed E-state index contributed by atoms with van der Waals surface area (Å²) in [5.41, 5.74) is 2.60. The van der Waals surface area contributed by atoms with E-state index < -0.39 is 0 Å². The molecule has 134 valence electrons. The highest BCUT2D eigenvalue weighted by atomic mass is 16.5. The van der Waals surface area contributed by atoms with Gasteiger partial charge in [-0.1, -0.05) is 18.2 Å². The minimum Gasteiger partial charge on any atom is -0.497 e. The molecule has 2 aromatic carbocycles. The summed E-state index contributed by atoms with van der Waals surface area (Å²) in [5, 5.41) is 1.05. The first kappa shape index (κ1) is 16.5. The van der Waals surface area contributed by atoms with E-state index in [0.29, 0.717) is 5.69 Å². The molecule has 2 heterocycles. The van der Waals surface area contributed by atoms with Crippen LogP contribution in [0.4, 0.5) is 0 Å². The van der Waals surface area contributed by atoms with Crippen LogP contribution in [0.15, 0.2) is 48.5 Å². The average Bonchev–Trinajstić information content (AvgIpc) is 3.33. The van der Waals surface area contributed by atoms with Crippen molar-refractivity contribution < 1.29 is 14.3 Å². The quantitative estimate of drug-likeness (QED) is 0.769. The number of nitrogens with one attached hydrogen (secondary N) is 1. The molecule has 0 aliphatic carbocycles. The molecule has 1 atom stereocenters. The van der Waals surface area contributed by atoms with Crippen LogP contribution >= 0.6 is 0 Å². The van der Waals surface area contributed by atoms with Gasteiger partial charge in [-0.15, -0.1) is 0 Å². The summed E-state index contributed by atoms with van der Waals surface area (Å²) >= 11 is 0. The molecule has 3 aromatic rings. The van der Waals surface area contributed by atoms with Crippen LogP contribution in [0.2, 0.25) is 0 Å². The highest BCUT2D eigenvalue weighted by molar-refractivity contribution is 5.98. The number of likely N-dealkylation sites (tertiary alicyclic amines) is 1. The Kier molecular flexibility index (Phi) is 4.29. The Morgan fingerprint density at radius 3 is 2.73 bits per heavy atom. The van der Waals surface area contributed by atoms with Crippen LogP contribution in [-0.2, 0) is 0 Å². The van der Waals surface area contributed by atoms with E-state index in [2.05, 4.69) is 4.98 Å². The van der Waals surface area contributed by atoms with Crippen molar-refractivity contribution in [2.24, 2.45) is 0 Å². The van der Waals surface area contributed by atoms with Crippen LogP contribution in [0, 0.1) is 0 Å². The minimum atomic E-state index is -0.0148. The first-order valence-electron chi connectivity index (χ1n) is 8.82. The fourth-order valence-electron chi connectivity index (χ4n) is 3.78. The maximum absolute atomic E-state index is 13.2. The number of carbonyl (C=O) groups excluding carboxylic acids is 1.